The lowest BCUT2D eigenvalue weighted by Crippen LogP contribution is -2.00. The lowest BCUT2D eigenvalue weighted by atomic mass is 10.2. The smallest absolute Gasteiger partial charge is 0.215 e. The number of halogens is 1. The third-order valence-corrected chi connectivity index (χ3v) is 4.02. The standard InChI is InChI=1S/C18H15FN4O/c1-10-16-11(2)21-17(12-5-4-6-13(19)9-12)23(16)18-14(20-10)7-8-15(22-18)24-3/h4-9H,1-3H3. The minimum absolute atomic E-state index is 0.303. The predicted molar refractivity (Wildman–Crippen MR) is 89.7 cm³/mol. The largest absolute Gasteiger partial charge is 0.481 e. The first kappa shape index (κ1) is 14.6. The molecule has 4 rings (SSSR count). The highest BCUT2D eigenvalue weighted by Crippen LogP contribution is 2.28. The SMILES string of the molecule is COc1ccc2nc(C)c3c(C)nc(-c4cccc(F)c4)n3c2n1. The maximum atomic E-state index is 13.7. The van der Waals surface area contributed by atoms with Gasteiger partial charge in [0, 0.05) is 11.6 Å². The van der Waals surface area contributed by atoms with Gasteiger partial charge in [-0.2, -0.15) is 4.98 Å². The van der Waals surface area contributed by atoms with Crippen LogP contribution in [0.1, 0.15) is 11.4 Å². The molecule has 0 aliphatic heterocycles. The molecule has 0 atom stereocenters. The van der Waals surface area contributed by atoms with Crippen LogP contribution in [0.5, 0.6) is 5.88 Å². The number of hydrogen-bond acceptors (Lipinski definition) is 4. The first-order chi connectivity index (χ1) is 11.6. The quantitative estimate of drug-likeness (QED) is 0.564. The van der Waals surface area contributed by atoms with Gasteiger partial charge in [-0.25, -0.2) is 14.4 Å². The van der Waals surface area contributed by atoms with Crippen molar-refractivity contribution in [3.8, 4) is 17.3 Å². The second-order valence-corrected chi connectivity index (χ2v) is 5.61. The van der Waals surface area contributed by atoms with E-state index in [4.69, 9.17) is 4.74 Å². The Kier molecular flexibility index (Phi) is 3.19. The average Bonchev–Trinajstić information content (AvgIpc) is 2.93. The summed E-state index contributed by atoms with van der Waals surface area (Å²) < 4.78 is 20.8. The highest BCUT2D eigenvalue weighted by molar-refractivity contribution is 5.81. The Balaban J connectivity index is 2.18. The van der Waals surface area contributed by atoms with Gasteiger partial charge >= 0.3 is 0 Å². The zero-order chi connectivity index (χ0) is 16.8. The summed E-state index contributed by atoms with van der Waals surface area (Å²) in [5.41, 5.74) is 4.61. The Morgan fingerprint density at radius 1 is 1.00 bits per heavy atom. The minimum atomic E-state index is -0.303. The molecule has 0 radical (unpaired) electrons. The Hall–Kier alpha value is -3.02. The van der Waals surface area contributed by atoms with Gasteiger partial charge in [-0.3, -0.25) is 4.40 Å². The van der Waals surface area contributed by atoms with Crippen LogP contribution in [0.3, 0.4) is 0 Å². The summed E-state index contributed by atoms with van der Waals surface area (Å²) in [5, 5.41) is 0. The van der Waals surface area contributed by atoms with Crippen LogP contribution in [0, 0.1) is 19.7 Å². The van der Waals surface area contributed by atoms with Gasteiger partial charge in [0.15, 0.2) is 5.65 Å². The summed E-state index contributed by atoms with van der Waals surface area (Å²) in [6.45, 7) is 3.85. The van der Waals surface area contributed by atoms with E-state index in [2.05, 4.69) is 15.0 Å². The second-order valence-electron chi connectivity index (χ2n) is 5.61. The molecule has 4 aromatic rings. The fourth-order valence-corrected chi connectivity index (χ4v) is 3.00. The van der Waals surface area contributed by atoms with Crippen LogP contribution in [0.2, 0.25) is 0 Å². The molecule has 0 spiro atoms. The average molecular weight is 322 g/mol. The molecule has 0 fully saturated rings. The molecule has 0 unspecified atom stereocenters. The van der Waals surface area contributed by atoms with E-state index in [9.17, 15) is 4.39 Å². The molecule has 24 heavy (non-hydrogen) atoms. The van der Waals surface area contributed by atoms with E-state index in [1.807, 2.05) is 30.4 Å². The van der Waals surface area contributed by atoms with Crippen molar-refractivity contribution in [2.24, 2.45) is 0 Å². The van der Waals surface area contributed by atoms with Gasteiger partial charge in [-0.1, -0.05) is 12.1 Å². The molecule has 0 aliphatic carbocycles. The highest BCUT2D eigenvalue weighted by atomic mass is 19.1. The van der Waals surface area contributed by atoms with E-state index in [-0.39, 0.29) is 5.82 Å². The Morgan fingerprint density at radius 2 is 1.79 bits per heavy atom. The predicted octanol–water partition coefficient (Wildman–Crippen LogP) is 3.71. The van der Waals surface area contributed by atoms with E-state index in [1.54, 1.807) is 19.2 Å². The molecule has 3 heterocycles. The number of hydrogen-bond donors (Lipinski definition) is 0. The summed E-state index contributed by atoms with van der Waals surface area (Å²) in [5.74, 6) is 0.826. The van der Waals surface area contributed by atoms with Crippen LogP contribution >= 0.6 is 0 Å². The van der Waals surface area contributed by atoms with E-state index < -0.39 is 0 Å². The lowest BCUT2D eigenvalue weighted by Gasteiger charge is -2.09. The molecule has 5 nitrogen and oxygen atoms in total. The lowest BCUT2D eigenvalue weighted by molar-refractivity contribution is 0.399. The van der Waals surface area contributed by atoms with Gasteiger partial charge in [0.2, 0.25) is 5.88 Å². The van der Waals surface area contributed by atoms with E-state index in [0.717, 1.165) is 22.4 Å². The number of ether oxygens (including phenoxy) is 1. The van der Waals surface area contributed by atoms with E-state index >= 15 is 0 Å². The van der Waals surface area contributed by atoms with Crippen LogP contribution in [0.25, 0.3) is 28.1 Å². The van der Waals surface area contributed by atoms with Gasteiger partial charge in [-0.05, 0) is 32.0 Å². The normalized spacial score (nSPS) is 11.3. The van der Waals surface area contributed by atoms with Crippen molar-refractivity contribution in [1.82, 2.24) is 19.4 Å². The maximum Gasteiger partial charge on any atom is 0.215 e. The Bertz CT molecular complexity index is 1090. The van der Waals surface area contributed by atoms with Crippen LogP contribution in [0.4, 0.5) is 4.39 Å². The third kappa shape index (κ3) is 2.11. The molecule has 0 aliphatic rings. The molecule has 3 aromatic heterocycles. The summed E-state index contributed by atoms with van der Waals surface area (Å²) in [7, 11) is 1.57. The first-order valence-electron chi connectivity index (χ1n) is 7.55. The summed E-state index contributed by atoms with van der Waals surface area (Å²) >= 11 is 0. The monoisotopic (exact) mass is 322 g/mol. The van der Waals surface area contributed by atoms with Crippen molar-refractivity contribution in [1.29, 1.82) is 0 Å². The number of imidazole rings is 1. The van der Waals surface area contributed by atoms with Crippen LogP contribution in [0.15, 0.2) is 36.4 Å². The summed E-state index contributed by atoms with van der Waals surface area (Å²) in [6, 6.07) is 10.0. The van der Waals surface area contributed by atoms with Crippen LogP contribution in [-0.4, -0.2) is 26.5 Å². The fraction of sp³-hybridized carbons (Fsp3) is 0.167. The van der Waals surface area contributed by atoms with E-state index in [1.165, 1.54) is 12.1 Å². The maximum absolute atomic E-state index is 13.7. The third-order valence-electron chi connectivity index (χ3n) is 4.02. The topological polar surface area (TPSA) is 52.3 Å². The number of pyridine rings is 1. The minimum Gasteiger partial charge on any atom is -0.481 e. The number of nitrogens with zero attached hydrogens (tertiary/aromatic N) is 4. The summed E-state index contributed by atoms with van der Waals surface area (Å²) in [6.07, 6.45) is 0. The first-order valence-corrected chi connectivity index (χ1v) is 7.55. The molecule has 0 saturated carbocycles. The zero-order valence-electron chi connectivity index (χ0n) is 13.5. The van der Waals surface area contributed by atoms with Crippen molar-refractivity contribution in [3.05, 3.63) is 53.6 Å². The number of aromatic nitrogens is 4. The van der Waals surface area contributed by atoms with Crippen molar-refractivity contribution in [3.63, 3.8) is 0 Å². The van der Waals surface area contributed by atoms with Crippen molar-refractivity contribution in [2.75, 3.05) is 7.11 Å². The molecule has 0 saturated heterocycles. The molecule has 6 heteroatoms. The van der Waals surface area contributed by atoms with Gasteiger partial charge in [0.05, 0.1) is 24.0 Å². The van der Waals surface area contributed by atoms with Gasteiger partial charge in [-0.15, -0.1) is 0 Å². The van der Waals surface area contributed by atoms with Gasteiger partial charge in [0.25, 0.3) is 0 Å². The van der Waals surface area contributed by atoms with Gasteiger partial charge < -0.3 is 4.74 Å². The number of rotatable bonds is 2. The Labute approximate surface area is 137 Å². The number of fused-ring (bicyclic) bond motifs is 3. The molecule has 0 amide bonds. The second kappa shape index (κ2) is 5.26. The zero-order valence-corrected chi connectivity index (χ0v) is 13.5. The summed E-state index contributed by atoms with van der Waals surface area (Å²) in [4.78, 5) is 13.8. The van der Waals surface area contributed by atoms with E-state index in [0.29, 0.717) is 22.9 Å². The molecule has 1 aromatic carbocycles. The highest BCUT2D eigenvalue weighted by Gasteiger charge is 2.17. The number of methoxy groups -OCH3 is 1. The number of aryl methyl sites for hydroxylation is 2. The Morgan fingerprint density at radius 3 is 2.54 bits per heavy atom. The van der Waals surface area contributed by atoms with Crippen LogP contribution in [-0.2, 0) is 0 Å². The van der Waals surface area contributed by atoms with Crippen LogP contribution < -0.4 is 4.74 Å². The van der Waals surface area contributed by atoms with Crippen molar-refractivity contribution >= 4 is 16.7 Å². The molecule has 0 N–H and O–H groups in total. The fourth-order valence-electron chi connectivity index (χ4n) is 3.00. The van der Waals surface area contributed by atoms with Crippen molar-refractivity contribution in [2.45, 2.75) is 13.8 Å². The molecule has 120 valence electrons. The van der Waals surface area contributed by atoms with Gasteiger partial charge in [0.1, 0.15) is 17.2 Å². The molecular weight excluding hydrogens is 307 g/mol. The van der Waals surface area contributed by atoms with Crippen molar-refractivity contribution < 1.29 is 9.13 Å². The number of benzene rings is 1. The molecular formula is C18H15FN4O. The molecule has 0 bridgehead atoms.